The van der Waals surface area contributed by atoms with Gasteiger partial charge in [-0.1, -0.05) is 67.0 Å². The average molecular weight is 956 g/mol. The first-order valence-electron chi connectivity index (χ1n) is 24.1. The molecule has 2 aliphatic carbocycles. The predicted octanol–water partition coefficient (Wildman–Crippen LogP) is 11.6. The molecule has 3 fully saturated rings. The lowest BCUT2D eigenvalue weighted by Crippen LogP contribution is -2.54. The third kappa shape index (κ3) is 12.3. The Morgan fingerprint density at radius 1 is 0.750 bits per heavy atom. The minimum absolute atomic E-state index is 0.0177. The number of pyridine rings is 1. The maximum absolute atomic E-state index is 14.1. The van der Waals surface area contributed by atoms with Crippen LogP contribution in [0, 0.1) is 58.2 Å². The monoisotopic (exact) mass is 955 g/mol. The molecular weight excluding hydrogens is 891 g/mol. The quantitative estimate of drug-likeness (QED) is 0.133. The van der Waals surface area contributed by atoms with E-state index < -0.39 is 5.97 Å². The first-order valence-corrected chi connectivity index (χ1v) is 25.7. The fourth-order valence-corrected chi connectivity index (χ4v) is 10.7. The number of rotatable bonds is 7. The zero-order valence-electron chi connectivity index (χ0n) is 41.0. The van der Waals surface area contributed by atoms with Gasteiger partial charge in [0, 0.05) is 54.4 Å². The second-order valence-corrected chi connectivity index (χ2v) is 23.0. The number of carbonyl (C=O) groups is 5. The van der Waals surface area contributed by atoms with E-state index in [2.05, 4.69) is 63.3 Å². The highest BCUT2D eigenvalue weighted by atomic mass is 32.1. The number of ketones is 1. The minimum Gasteiger partial charge on any atom is -0.336 e. The van der Waals surface area contributed by atoms with Crippen molar-refractivity contribution in [3.63, 3.8) is 0 Å². The van der Waals surface area contributed by atoms with Crippen molar-refractivity contribution < 1.29 is 28.8 Å². The van der Waals surface area contributed by atoms with E-state index in [9.17, 15) is 24.0 Å². The smallest absolute Gasteiger partial charge is 0.336 e. The summed E-state index contributed by atoms with van der Waals surface area (Å²) in [4.78, 5) is 82.6. The Labute approximate surface area is 410 Å². The SMILES string of the molecule is CC(=O)c1sc(C#CC(C)(C)C)cc1N(C(=O)C1CCC(C)CC1)[C@H]1CCN(C(=O)c2ccccc2)C1.CC1CCC(C(=O)N2c3cc(C#CC(C)(C)C)sc3C(=O)ON2c2ccccn2)CC1. The molecule has 0 N–H and O–H groups in total. The summed E-state index contributed by atoms with van der Waals surface area (Å²) in [6.45, 7) is 19.3. The number of hydrazine groups is 1. The average Bonchev–Trinajstić information content (AvgIpc) is 4.08. The molecule has 1 aromatic carbocycles. The zero-order valence-corrected chi connectivity index (χ0v) is 42.7. The Morgan fingerprint density at radius 2 is 1.34 bits per heavy atom. The second kappa shape index (κ2) is 21.3. The summed E-state index contributed by atoms with van der Waals surface area (Å²) in [7, 11) is 0. The van der Waals surface area contributed by atoms with E-state index in [0.29, 0.717) is 63.9 Å². The van der Waals surface area contributed by atoms with Crippen molar-refractivity contribution in [2.75, 3.05) is 28.2 Å². The normalized spacial score (nSPS) is 21.5. The minimum atomic E-state index is -0.504. The molecule has 4 aromatic rings. The van der Waals surface area contributed by atoms with Crippen molar-refractivity contribution in [3.8, 4) is 23.7 Å². The molecule has 4 aliphatic rings. The molecule has 0 unspecified atom stereocenters. The summed E-state index contributed by atoms with van der Waals surface area (Å²) in [5.41, 5.74) is 1.51. The van der Waals surface area contributed by atoms with Crippen LogP contribution in [0.5, 0.6) is 0 Å². The molecule has 1 atom stereocenters. The van der Waals surface area contributed by atoms with E-state index >= 15 is 0 Å². The van der Waals surface area contributed by atoms with E-state index in [-0.39, 0.29) is 52.2 Å². The topological polar surface area (TPSA) is 120 Å². The van der Waals surface area contributed by atoms with Gasteiger partial charge in [0.05, 0.1) is 32.0 Å². The largest absolute Gasteiger partial charge is 0.377 e. The Morgan fingerprint density at radius 3 is 1.91 bits per heavy atom. The van der Waals surface area contributed by atoms with Gasteiger partial charge in [0.1, 0.15) is 4.88 Å². The molecule has 0 radical (unpaired) electrons. The standard InChI is InChI=1S/C31H38N2O3S.C24H27N3O3S/c1-21-11-13-24(14-12-21)30(36)33(25-16-18-32(20-25)29(35)23-9-7-6-8-10-23)27-19-26(15-17-31(3,4)5)37-28(27)22(2)34;1-16-8-10-17(11-9-16)22(28)26-19-15-18(12-13-24(2,3)4)31-21(19)23(29)30-27(26)20-7-5-6-14-25-20/h6-10,19,21,24-25H,11-14,16,18,20H2,1-5H3;5-7,14-17H,8-11H2,1-4H3/t21?,24?,25-;/m0./s1. The van der Waals surface area contributed by atoms with Crippen LogP contribution >= 0.6 is 22.7 Å². The highest BCUT2D eigenvalue weighted by molar-refractivity contribution is 7.15. The molecule has 1 saturated heterocycles. The molecule has 11 nitrogen and oxygen atoms in total. The van der Waals surface area contributed by atoms with Crippen LogP contribution < -0.4 is 15.1 Å². The fourth-order valence-electron chi connectivity index (χ4n) is 8.98. The van der Waals surface area contributed by atoms with E-state index in [1.165, 1.54) is 32.9 Å². The summed E-state index contributed by atoms with van der Waals surface area (Å²) in [5.74, 6) is 13.7. The van der Waals surface area contributed by atoms with E-state index in [4.69, 9.17) is 4.84 Å². The number of carbonyl (C=O) groups excluding carboxylic acids is 5. The molecule has 5 heterocycles. The van der Waals surface area contributed by atoms with Gasteiger partial charge in [-0.25, -0.2) is 9.78 Å². The highest BCUT2D eigenvalue weighted by Crippen LogP contribution is 2.41. The van der Waals surface area contributed by atoms with Gasteiger partial charge in [-0.2, -0.15) is 5.01 Å². The van der Waals surface area contributed by atoms with E-state index in [0.717, 1.165) is 61.1 Å². The molecule has 3 aromatic heterocycles. The van der Waals surface area contributed by atoms with E-state index in [1.807, 2.05) is 73.0 Å². The van der Waals surface area contributed by atoms with Crippen LogP contribution in [0.3, 0.4) is 0 Å². The number of aromatic nitrogens is 1. The first kappa shape index (κ1) is 50.1. The van der Waals surface area contributed by atoms with Crippen LogP contribution in [-0.2, 0) is 14.4 Å². The van der Waals surface area contributed by atoms with Gasteiger partial charge in [0.2, 0.25) is 5.91 Å². The van der Waals surface area contributed by atoms with Crippen molar-refractivity contribution in [1.29, 1.82) is 0 Å². The number of benzene rings is 1. The summed E-state index contributed by atoms with van der Waals surface area (Å²) >= 11 is 2.63. The maximum Gasteiger partial charge on any atom is 0.377 e. The Hall–Kier alpha value is -5.76. The molecule has 0 spiro atoms. The number of likely N-dealkylation sites (tertiary alicyclic amines) is 1. The number of hydrogen-bond donors (Lipinski definition) is 0. The van der Waals surface area contributed by atoms with Gasteiger partial charge in [0.25, 0.3) is 11.8 Å². The number of hydrogen-bond acceptors (Lipinski definition) is 10. The van der Waals surface area contributed by atoms with Crippen molar-refractivity contribution in [1.82, 2.24) is 9.88 Å². The van der Waals surface area contributed by atoms with Gasteiger partial charge in [-0.15, -0.1) is 22.7 Å². The number of nitrogens with zero attached hydrogens (tertiary/aromatic N) is 5. The molecule has 2 aliphatic heterocycles. The number of fused-ring (bicyclic) bond motifs is 1. The van der Waals surface area contributed by atoms with Crippen LogP contribution in [0.25, 0.3) is 0 Å². The molecule has 3 amide bonds. The summed E-state index contributed by atoms with van der Waals surface area (Å²) in [6.07, 6.45) is 9.81. The highest BCUT2D eigenvalue weighted by Gasteiger charge is 2.43. The van der Waals surface area contributed by atoms with Crippen molar-refractivity contribution in [2.24, 2.45) is 34.5 Å². The number of anilines is 3. The molecule has 13 heteroatoms. The summed E-state index contributed by atoms with van der Waals surface area (Å²) in [6, 6.07) is 18.1. The van der Waals surface area contributed by atoms with Gasteiger partial charge in [0.15, 0.2) is 11.6 Å². The van der Waals surface area contributed by atoms with Gasteiger partial charge >= 0.3 is 5.97 Å². The fraction of sp³-hybridized carbons (Fsp3) is 0.491. The van der Waals surface area contributed by atoms with Crippen molar-refractivity contribution in [2.45, 2.75) is 126 Å². The third-order valence-corrected chi connectivity index (χ3v) is 14.9. The Kier molecular flexibility index (Phi) is 15.7. The number of amides is 3. The molecule has 8 rings (SSSR count). The summed E-state index contributed by atoms with van der Waals surface area (Å²) < 4.78 is 0. The lowest BCUT2D eigenvalue weighted by molar-refractivity contribution is -0.125. The molecule has 2 saturated carbocycles. The van der Waals surface area contributed by atoms with Crippen LogP contribution in [0.15, 0.2) is 66.9 Å². The van der Waals surface area contributed by atoms with Crippen LogP contribution in [-0.4, -0.2) is 58.5 Å². The number of thiophene rings is 2. The Balaban J connectivity index is 0.000000204. The maximum atomic E-state index is 14.1. The van der Waals surface area contributed by atoms with Crippen LogP contribution in [0.4, 0.5) is 17.2 Å². The molecule has 358 valence electrons. The van der Waals surface area contributed by atoms with Gasteiger partial charge in [-0.3, -0.25) is 19.2 Å². The third-order valence-electron chi connectivity index (χ3n) is 12.7. The molecular formula is C55H65N5O6S2. The van der Waals surface area contributed by atoms with Gasteiger partial charge in [-0.05, 0) is 148 Å². The summed E-state index contributed by atoms with van der Waals surface area (Å²) in [5, 5.41) is 2.72. The van der Waals surface area contributed by atoms with Gasteiger partial charge < -0.3 is 14.6 Å². The lowest BCUT2D eigenvalue weighted by Gasteiger charge is -2.38. The molecule has 0 bridgehead atoms. The zero-order chi connectivity index (χ0) is 48.9. The van der Waals surface area contributed by atoms with Crippen molar-refractivity contribution in [3.05, 3.63) is 91.9 Å². The van der Waals surface area contributed by atoms with Crippen molar-refractivity contribution >= 4 is 69.3 Å². The molecule has 68 heavy (non-hydrogen) atoms. The van der Waals surface area contributed by atoms with Crippen LogP contribution in [0.2, 0.25) is 0 Å². The first-order chi connectivity index (χ1) is 32.3. The number of Topliss-reactive ketones (excluding diaryl/α,β-unsaturated/α-hetero) is 1. The Bertz CT molecular complexity index is 2610. The van der Waals surface area contributed by atoms with E-state index in [1.54, 1.807) is 31.3 Å². The second-order valence-electron chi connectivity index (χ2n) is 20.9. The van der Waals surface area contributed by atoms with Crippen LogP contribution in [0.1, 0.15) is 160 Å². The predicted molar refractivity (Wildman–Crippen MR) is 271 cm³/mol. The lowest BCUT2D eigenvalue weighted by atomic mass is 9.82.